The molecule has 23 heavy (non-hydrogen) atoms. The van der Waals surface area contributed by atoms with Crippen molar-refractivity contribution in [3.05, 3.63) is 58.7 Å². The van der Waals surface area contributed by atoms with Crippen LogP contribution in [0.4, 0.5) is 5.69 Å². The van der Waals surface area contributed by atoms with E-state index < -0.39 is 10.0 Å². The summed E-state index contributed by atoms with van der Waals surface area (Å²) < 4.78 is 27.9. The van der Waals surface area contributed by atoms with E-state index in [4.69, 9.17) is 0 Å². The second kappa shape index (κ2) is 6.42. The quantitative estimate of drug-likeness (QED) is 0.904. The molecule has 0 unspecified atom stereocenters. The number of rotatable bonds is 4. The summed E-state index contributed by atoms with van der Waals surface area (Å²) in [5.74, 6) is -0.326. The van der Waals surface area contributed by atoms with E-state index in [0.717, 1.165) is 11.1 Å². The Labute approximate surface area is 136 Å². The van der Waals surface area contributed by atoms with Gasteiger partial charge in [-0.05, 0) is 61.7 Å². The third kappa shape index (κ3) is 3.90. The van der Waals surface area contributed by atoms with E-state index in [-0.39, 0.29) is 10.8 Å². The third-order valence-corrected chi connectivity index (χ3v) is 4.96. The highest BCUT2D eigenvalue weighted by atomic mass is 32.2. The van der Waals surface area contributed by atoms with Crippen molar-refractivity contribution in [3.8, 4) is 0 Å². The number of nitrogens with one attached hydrogen (secondary N) is 2. The number of sulfonamides is 1. The molecule has 0 spiro atoms. The number of benzene rings is 2. The van der Waals surface area contributed by atoms with Crippen LogP contribution in [0.5, 0.6) is 0 Å². The SMILES string of the molecule is CNC(=O)c1ccc(C)c(S(=O)(=O)Nc2cc(C)cc(C)c2)c1. The van der Waals surface area contributed by atoms with Gasteiger partial charge in [0, 0.05) is 18.3 Å². The summed E-state index contributed by atoms with van der Waals surface area (Å²) in [5, 5.41) is 2.49. The van der Waals surface area contributed by atoms with E-state index in [9.17, 15) is 13.2 Å². The van der Waals surface area contributed by atoms with Gasteiger partial charge in [-0.3, -0.25) is 9.52 Å². The molecule has 0 atom stereocenters. The van der Waals surface area contributed by atoms with Gasteiger partial charge >= 0.3 is 0 Å². The molecule has 0 aliphatic rings. The summed E-state index contributed by atoms with van der Waals surface area (Å²) >= 11 is 0. The third-order valence-electron chi connectivity index (χ3n) is 3.44. The van der Waals surface area contributed by atoms with Crippen LogP contribution in [0.25, 0.3) is 0 Å². The monoisotopic (exact) mass is 332 g/mol. The Bertz CT molecular complexity index is 838. The Kier molecular flexibility index (Phi) is 4.75. The highest BCUT2D eigenvalue weighted by molar-refractivity contribution is 7.92. The number of aryl methyl sites for hydroxylation is 3. The molecule has 0 aromatic heterocycles. The van der Waals surface area contributed by atoms with Gasteiger partial charge in [0.25, 0.3) is 15.9 Å². The van der Waals surface area contributed by atoms with Crippen LogP contribution >= 0.6 is 0 Å². The van der Waals surface area contributed by atoms with Crippen LogP contribution in [0, 0.1) is 20.8 Å². The highest BCUT2D eigenvalue weighted by Crippen LogP contribution is 2.22. The molecule has 0 radical (unpaired) electrons. The molecule has 2 rings (SSSR count). The van der Waals surface area contributed by atoms with Gasteiger partial charge in [-0.2, -0.15) is 0 Å². The highest BCUT2D eigenvalue weighted by Gasteiger charge is 2.19. The van der Waals surface area contributed by atoms with E-state index in [2.05, 4.69) is 10.0 Å². The first kappa shape index (κ1) is 17.0. The first-order valence-corrected chi connectivity index (χ1v) is 8.65. The van der Waals surface area contributed by atoms with Gasteiger partial charge in [0.1, 0.15) is 0 Å². The molecule has 2 aromatic rings. The second-order valence-electron chi connectivity index (χ2n) is 5.54. The molecule has 0 heterocycles. The molecule has 5 nitrogen and oxygen atoms in total. The average Bonchev–Trinajstić information content (AvgIpc) is 2.45. The molecule has 1 amide bonds. The predicted molar refractivity (Wildman–Crippen MR) is 91.3 cm³/mol. The minimum absolute atomic E-state index is 0.0951. The maximum Gasteiger partial charge on any atom is 0.262 e. The van der Waals surface area contributed by atoms with E-state index >= 15 is 0 Å². The summed E-state index contributed by atoms with van der Waals surface area (Å²) in [5.41, 5.74) is 3.33. The number of hydrogen-bond donors (Lipinski definition) is 2. The standard InChI is InChI=1S/C17H20N2O3S/c1-11-7-12(2)9-15(8-11)19-23(21,22)16-10-14(17(20)18-4)6-5-13(16)3/h5-10,19H,1-4H3,(H,18,20). The molecular weight excluding hydrogens is 312 g/mol. The fraction of sp³-hybridized carbons (Fsp3) is 0.235. The fourth-order valence-electron chi connectivity index (χ4n) is 2.42. The lowest BCUT2D eigenvalue weighted by atomic mass is 10.1. The molecule has 122 valence electrons. The van der Waals surface area contributed by atoms with E-state index in [1.807, 2.05) is 19.9 Å². The first-order valence-electron chi connectivity index (χ1n) is 7.17. The lowest BCUT2D eigenvalue weighted by Gasteiger charge is -2.13. The topological polar surface area (TPSA) is 75.3 Å². The van der Waals surface area contributed by atoms with Crippen LogP contribution in [0.3, 0.4) is 0 Å². The van der Waals surface area contributed by atoms with Crippen LogP contribution in [0.1, 0.15) is 27.0 Å². The number of anilines is 1. The van der Waals surface area contributed by atoms with Crippen molar-refractivity contribution < 1.29 is 13.2 Å². The van der Waals surface area contributed by atoms with E-state index in [0.29, 0.717) is 16.8 Å². The average molecular weight is 332 g/mol. The molecule has 2 aromatic carbocycles. The summed E-state index contributed by atoms with van der Waals surface area (Å²) in [6.07, 6.45) is 0. The summed E-state index contributed by atoms with van der Waals surface area (Å²) in [7, 11) is -2.27. The van der Waals surface area contributed by atoms with Gasteiger partial charge < -0.3 is 5.32 Å². The Balaban J connectivity index is 2.45. The van der Waals surface area contributed by atoms with Crippen molar-refractivity contribution in [3.63, 3.8) is 0 Å². The minimum atomic E-state index is -3.77. The van der Waals surface area contributed by atoms with Crippen LogP contribution in [-0.2, 0) is 10.0 Å². The zero-order valence-electron chi connectivity index (χ0n) is 13.6. The Morgan fingerprint density at radius 1 is 0.957 bits per heavy atom. The summed E-state index contributed by atoms with van der Waals surface area (Å²) in [6.45, 7) is 5.51. The van der Waals surface area contributed by atoms with Crippen LogP contribution < -0.4 is 10.0 Å². The maximum atomic E-state index is 12.7. The van der Waals surface area contributed by atoms with Gasteiger partial charge in [0.15, 0.2) is 0 Å². The minimum Gasteiger partial charge on any atom is -0.355 e. The Hall–Kier alpha value is -2.34. The molecule has 0 aliphatic heterocycles. The Morgan fingerprint density at radius 2 is 1.57 bits per heavy atom. The zero-order chi connectivity index (χ0) is 17.2. The molecule has 0 aliphatic carbocycles. The number of hydrogen-bond acceptors (Lipinski definition) is 3. The van der Waals surface area contributed by atoms with E-state index in [1.54, 1.807) is 31.2 Å². The van der Waals surface area contributed by atoms with Crippen molar-refractivity contribution in [1.82, 2.24) is 5.32 Å². The first-order chi connectivity index (χ1) is 10.7. The van der Waals surface area contributed by atoms with Crippen molar-refractivity contribution in [2.45, 2.75) is 25.7 Å². The molecule has 0 bridgehead atoms. The van der Waals surface area contributed by atoms with Crippen molar-refractivity contribution in [2.75, 3.05) is 11.8 Å². The van der Waals surface area contributed by atoms with Gasteiger partial charge in [-0.1, -0.05) is 12.1 Å². The van der Waals surface area contributed by atoms with Gasteiger partial charge in [-0.25, -0.2) is 8.42 Å². The maximum absolute atomic E-state index is 12.7. The van der Waals surface area contributed by atoms with Crippen LogP contribution in [0.2, 0.25) is 0 Å². The smallest absolute Gasteiger partial charge is 0.262 e. The molecule has 0 fully saturated rings. The van der Waals surface area contributed by atoms with Crippen molar-refractivity contribution in [2.24, 2.45) is 0 Å². The van der Waals surface area contributed by atoms with Gasteiger partial charge in [-0.15, -0.1) is 0 Å². The van der Waals surface area contributed by atoms with Crippen LogP contribution in [0.15, 0.2) is 41.3 Å². The van der Waals surface area contributed by atoms with Crippen molar-refractivity contribution in [1.29, 1.82) is 0 Å². The Morgan fingerprint density at radius 3 is 2.13 bits per heavy atom. The van der Waals surface area contributed by atoms with Gasteiger partial charge in [0.05, 0.1) is 4.90 Å². The number of carbonyl (C=O) groups excluding carboxylic acids is 1. The molecule has 0 saturated heterocycles. The van der Waals surface area contributed by atoms with Gasteiger partial charge in [0.2, 0.25) is 0 Å². The van der Waals surface area contributed by atoms with E-state index in [1.165, 1.54) is 13.1 Å². The number of carbonyl (C=O) groups is 1. The lowest BCUT2D eigenvalue weighted by molar-refractivity contribution is 0.0963. The lowest BCUT2D eigenvalue weighted by Crippen LogP contribution is -2.20. The molecule has 2 N–H and O–H groups in total. The predicted octanol–water partition coefficient (Wildman–Crippen LogP) is 2.77. The van der Waals surface area contributed by atoms with Crippen LogP contribution in [-0.4, -0.2) is 21.4 Å². The molecule has 0 saturated carbocycles. The molecular formula is C17H20N2O3S. The number of amides is 1. The zero-order valence-corrected chi connectivity index (χ0v) is 14.4. The second-order valence-corrected chi connectivity index (χ2v) is 7.19. The largest absolute Gasteiger partial charge is 0.355 e. The normalized spacial score (nSPS) is 11.1. The molecule has 6 heteroatoms. The summed E-state index contributed by atoms with van der Waals surface area (Å²) in [6, 6.07) is 10.1. The van der Waals surface area contributed by atoms with Crippen molar-refractivity contribution >= 4 is 21.6 Å². The summed E-state index contributed by atoms with van der Waals surface area (Å²) in [4.78, 5) is 11.8. The fourth-order valence-corrected chi connectivity index (χ4v) is 3.73.